The van der Waals surface area contributed by atoms with Crippen LogP contribution in [0, 0.1) is 5.92 Å². The molecule has 21 heavy (non-hydrogen) atoms. The van der Waals surface area contributed by atoms with Crippen LogP contribution in [0.25, 0.3) is 0 Å². The lowest BCUT2D eigenvalue weighted by atomic mass is 9.77. The quantitative estimate of drug-likeness (QED) is 0.774. The smallest absolute Gasteiger partial charge is 0.329 e. The van der Waals surface area contributed by atoms with Crippen LogP contribution in [0.15, 0.2) is 22.7 Å². The van der Waals surface area contributed by atoms with Crippen LogP contribution in [0.2, 0.25) is 0 Å². The number of carboxylic acids is 1. The Morgan fingerprint density at radius 3 is 2.52 bits per heavy atom. The highest BCUT2D eigenvalue weighted by atomic mass is 79.9. The topological polar surface area (TPSA) is 92.4 Å². The summed E-state index contributed by atoms with van der Waals surface area (Å²) in [5, 5.41) is 12.7. The molecule has 0 bridgehead atoms. The maximum atomic E-state index is 11.8. The standard InChI is InChI=1S/C15H19BrN2O3/c1-9-5-7-15(8-6-9,14(20)21)18-11-4-2-3-10(16)12(11)13(17)19/h2-4,9,18H,5-8H2,1H3,(H2,17,19)(H,20,21). The number of rotatable bonds is 4. The van der Waals surface area contributed by atoms with Gasteiger partial charge in [0, 0.05) is 10.2 Å². The van der Waals surface area contributed by atoms with Crippen molar-refractivity contribution in [3.8, 4) is 0 Å². The summed E-state index contributed by atoms with van der Waals surface area (Å²) in [7, 11) is 0. The molecule has 1 fully saturated rings. The van der Waals surface area contributed by atoms with Crippen molar-refractivity contribution in [2.45, 2.75) is 38.1 Å². The van der Waals surface area contributed by atoms with Gasteiger partial charge in [0.05, 0.1) is 5.56 Å². The van der Waals surface area contributed by atoms with Gasteiger partial charge in [-0.1, -0.05) is 13.0 Å². The van der Waals surface area contributed by atoms with Crippen molar-refractivity contribution in [2.75, 3.05) is 5.32 Å². The minimum atomic E-state index is -1.03. The second-order valence-corrected chi connectivity index (χ2v) is 6.58. The summed E-state index contributed by atoms with van der Waals surface area (Å²) >= 11 is 3.29. The van der Waals surface area contributed by atoms with Crippen LogP contribution in [0.4, 0.5) is 5.69 Å². The van der Waals surface area contributed by atoms with E-state index in [0.29, 0.717) is 28.9 Å². The lowest BCUT2D eigenvalue weighted by Gasteiger charge is -2.37. The normalized spacial score (nSPS) is 25.3. The molecule has 5 nitrogen and oxygen atoms in total. The van der Waals surface area contributed by atoms with E-state index in [-0.39, 0.29) is 5.56 Å². The molecule has 0 saturated heterocycles. The highest BCUT2D eigenvalue weighted by Gasteiger charge is 2.41. The Kier molecular flexibility index (Phi) is 4.56. The van der Waals surface area contributed by atoms with Crippen molar-refractivity contribution in [1.29, 1.82) is 0 Å². The first-order valence-corrected chi connectivity index (χ1v) is 7.75. The number of anilines is 1. The number of amides is 1. The van der Waals surface area contributed by atoms with Gasteiger partial charge in [-0.2, -0.15) is 0 Å². The van der Waals surface area contributed by atoms with Crippen molar-refractivity contribution in [1.82, 2.24) is 0 Å². The zero-order chi connectivity index (χ0) is 15.6. The Balaban J connectivity index is 2.37. The van der Waals surface area contributed by atoms with Crippen LogP contribution in [0.5, 0.6) is 0 Å². The Bertz CT molecular complexity index is 566. The summed E-state index contributed by atoms with van der Waals surface area (Å²) < 4.78 is 0.560. The summed E-state index contributed by atoms with van der Waals surface area (Å²) in [5.74, 6) is -0.947. The largest absolute Gasteiger partial charge is 0.480 e. The predicted molar refractivity (Wildman–Crippen MR) is 84.3 cm³/mol. The van der Waals surface area contributed by atoms with Crippen LogP contribution in [-0.2, 0) is 4.79 Å². The average Bonchev–Trinajstić information content (AvgIpc) is 2.41. The lowest BCUT2D eigenvalue weighted by Crippen LogP contribution is -2.49. The van der Waals surface area contributed by atoms with Gasteiger partial charge in [0.15, 0.2) is 0 Å². The Hall–Kier alpha value is -1.56. The third kappa shape index (κ3) is 3.20. The number of carbonyl (C=O) groups excluding carboxylic acids is 1. The fourth-order valence-corrected chi connectivity index (χ4v) is 3.35. The monoisotopic (exact) mass is 354 g/mol. The number of aliphatic carboxylic acids is 1. The molecule has 1 aromatic rings. The van der Waals surface area contributed by atoms with Crippen LogP contribution < -0.4 is 11.1 Å². The number of hydrogen-bond donors (Lipinski definition) is 3. The van der Waals surface area contributed by atoms with Gasteiger partial charge in [0.25, 0.3) is 5.91 Å². The van der Waals surface area contributed by atoms with Gasteiger partial charge in [-0.15, -0.1) is 0 Å². The van der Waals surface area contributed by atoms with E-state index < -0.39 is 17.4 Å². The van der Waals surface area contributed by atoms with E-state index >= 15 is 0 Å². The molecule has 4 N–H and O–H groups in total. The molecular weight excluding hydrogens is 336 g/mol. The molecule has 1 amide bonds. The van der Waals surface area contributed by atoms with Crippen molar-refractivity contribution >= 4 is 33.5 Å². The SMILES string of the molecule is CC1CCC(Nc2cccc(Br)c2C(N)=O)(C(=O)O)CC1. The number of hydrogen-bond acceptors (Lipinski definition) is 3. The lowest BCUT2D eigenvalue weighted by molar-refractivity contribution is -0.143. The Morgan fingerprint density at radius 2 is 2.00 bits per heavy atom. The molecule has 0 unspecified atom stereocenters. The number of carboxylic acid groups (broad SMARTS) is 1. The molecule has 1 aromatic carbocycles. The fraction of sp³-hybridized carbons (Fsp3) is 0.467. The number of halogens is 1. The summed E-state index contributed by atoms with van der Waals surface area (Å²) in [4.78, 5) is 23.4. The fourth-order valence-electron chi connectivity index (χ4n) is 2.78. The van der Waals surface area contributed by atoms with Crippen molar-refractivity contribution in [3.63, 3.8) is 0 Å². The summed E-state index contributed by atoms with van der Waals surface area (Å²) in [5.41, 5.74) is 5.13. The molecule has 0 spiro atoms. The maximum absolute atomic E-state index is 11.8. The number of carbonyl (C=O) groups is 2. The highest BCUT2D eigenvalue weighted by molar-refractivity contribution is 9.10. The van der Waals surface area contributed by atoms with Gasteiger partial charge in [-0.3, -0.25) is 4.79 Å². The first kappa shape index (κ1) is 15.8. The molecule has 0 radical (unpaired) electrons. The van der Waals surface area contributed by atoms with E-state index in [4.69, 9.17) is 5.73 Å². The van der Waals surface area contributed by atoms with Crippen LogP contribution in [-0.4, -0.2) is 22.5 Å². The van der Waals surface area contributed by atoms with E-state index in [0.717, 1.165) is 12.8 Å². The second-order valence-electron chi connectivity index (χ2n) is 5.72. The summed E-state index contributed by atoms with van der Waals surface area (Å²) in [6.45, 7) is 2.12. The third-order valence-electron chi connectivity index (χ3n) is 4.17. The molecular formula is C15H19BrN2O3. The Labute approximate surface area is 132 Å². The molecule has 1 saturated carbocycles. The highest BCUT2D eigenvalue weighted by Crippen LogP contribution is 2.36. The van der Waals surface area contributed by atoms with Gasteiger partial charge >= 0.3 is 5.97 Å². The maximum Gasteiger partial charge on any atom is 0.329 e. The minimum absolute atomic E-state index is 0.289. The molecule has 1 aliphatic carbocycles. The molecule has 0 aliphatic heterocycles. The van der Waals surface area contributed by atoms with Gasteiger partial charge < -0.3 is 16.2 Å². The molecule has 114 valence electrons. The number of primary amides is 1. The molecule has 0 atom stereocenters. The average molecular weight is 355 g/mol. The summed E-state index contributed by atoms with van der Waals surface area (Å²) in [6, 6.07) is 5.15. The Morgan fingerprint density at radius 1 is 1.38 bits per heavy atom. The van der Waals surface area contributed by atoms with Crippen molar-refractivity contribution in [3.05, 3.63) is 28.2 Å². The zero-order valence-electron chi connectivity index (χ0n) is 11.9. The van der Waals surface area contributed by atoms with E-state index in [1.165, 1.54) is 0 Å². The number of nitrogens with two attached hydrogens (primary N) is 1. The van der Waals surface area contributed by atoms with Crippen LogP contribution >= 0.6 is 15.9 Å². The van der Waals surface area contributed by atoms with Crippen molar-refractivity contribution in [2.24, 2.45) is 11.7 Å². The third-order valence-corrected chi connectivity index (χ3v) is 4.83. The van der Waals surface area contributed by atoms with Gasteiger partial charge in [-0.05, 0) is 59.7 Å². The van der Waals surface area contributed by atoms with E-state index in [2.05, 4.69) is 28.2 Å². The number of benzene rings is 1. The van der Waals surface area contributed by atoms with Crippen molar-refractivity contribution < 1.29 is 14.7 Å². The number of nitrogens with one attached hydrogen (secondary N) is 1. The van der Waals surface area contributed by atoms with Gasteiger partial charge in [0.1, 0.15) is 5.54 Å². The molecule has 2 rings (SSSR count). The second kappa shape index (κ2) is 6.05. The molecule has 0 aromatic heterocycles. The minimum Gasteiger partial charge on any atom is -0.480 e. The molecule has 0 heterocycles. The van der Waals surface area contributed by atoms with Gasteiger partial charge in [0.2, 0.25) is 0 Å². The van der Waals surface area contributed by atoms with E-state index in [1.54, 1.807) is 18.2 Å². The van der Waals surface area contributed by atoms with Gasteiger partial charge in [-0.25, -0.2) is 4.79 Å². The molecule has 1 aliphatic rings. The van der Waals surface area contributed by atoms with E-state index in [9.17, 15) is 14.7 Å². The molecule has 6 heteroatoms. The zero-order valence-corrected chi connectivity index (χ0v) is 13.4. The predicted octanol–water partition coefficient (Wildman–Crippen LogP) is 2.99. The first-order valence-electron chi connectivity index (χ1n) is 6.95. The van der Waals surface area contributed by atoms with Crippen LogP contribution in [0.3, 0.4) is 0 Å². The first-order chi connectivity index (χ1) is 9.85. The van der Waals surface area contributed by atoms with E-state index in [1.807, 2.05) is 0 Å². The van der Waals surface area contributed by atoms with Crippen LogP contribution in [0.1, 0.15) is 43.0 Å². The summed E-state index contributed by atoms with van der Waals surface area (Å²) in [6.07, 6.45) is 2.76.